The van der Waals surface area contributed by atoms with Gasteiger partial charge in [0.25, 0.3) is 0 Å². The summed E-state index contributed by atoms with van der Waals surface area (Å²) < 4.78 is 32.0. The lowest BCUT2D eigenvalue weighted by atomic mass is 9.96. The molecule has 2 aromatic carbocycles. The van der Waals surface area contributed by atoms with Gasteiger partial charge in [-0.25, -0.2) is 0 Å². The van der Waals surface area contributed by atoms with Crippen LogP contribution in [0, 0.1) is 0 Å². The van der Waals surface area contributed by atoms with Gasteiger partial charge in [-0.2, -0.15) is 8.78 Å². The van der Waals surface area contributed by atoms with Crippen molar-refractivity contribution in [1.82, 2.24) is 0 Å². The molecule has 0 fully saturated rings. The molecule has 0 spiro atoms. The first kappa shape index (κ1) is 9.33. The van der Waals surface area contributed by atoms with Gasteiger partial charge in [-0.15, -0.1) is 0 Å². The zero-order chi connectivity index (χ0) is 11.2. The van der Waals surface area contributed by atoms with Crippen molar-refractivity contribution >= 4 is 0 Å². The standard InChI is InChI=1S/C13H8F2O/c14-13(15)11-7-3-1-5-9(11)10-6-2-4-8-12(10)16-13/h1-8H. The molecule has 16 heavy (non-hydrogen) atoms. The Labute approximate surface area is 91.3 Å². The second-order valence-corrected chi connectivity index (χ2v) is 3.66. The van der Waals surface area contributed by atoms with Gasteiger partial charge >= 0.3 is 6.11 Å². The second-order valence-electron chi connectivity index (χ2n) is 3.66. The Morgan fingerprint density at radius 1 is 0.812 bits per heavy atom. The molecule has 0 unspecified atom stereocenters. The maximum absolute atomic E-state index is 13.7. The Bertz CT molecular complexity index is 549. The van der Waals surface area contributed by atoms with Gasteiger partial charge in [-0.05, 0) is 17.7 Å². The molecule has 0 atom stereocenters. The lowest BCUT2D eigenvalue weighted by molar-refractivity contribution is -0.186. The van der Waals surface area contributed by atoms with E-state index in [0.29, 0.717) is 11.1 Å². The van der Waals surface area contributed by atoms with Gasteiger partial charge in [0.15, 0.2) is 0 Å². The smallest absolute Gasteiger partial charge is 0.427 e. The molecule has 0 saturated carbocycles. The third-order valence-corrected chi connectivity index (χ3v) is 2.66. The third-order valence-electron chi connectivity index (χ3n) is 2.66. The molecule has 1 aliphatic heterocycles. The first-order valence-electron chi connectivity index (χ1n) is 4.94. The van der Waals surface area contributed by atoms with Crippen molar-refractivity contribution in [2.24, 2.45) is 0 Å². The van der Waals surface area contributed by atoms with Gasteiger partial charge < -0.3 is 4.74 Å². The number of rotatable bonds is 0. The van der Waals surface area contributed by atoms with Crippen LogP contribution in [0.4, 0.5) is 8.78 Å². The molecule has 0 bridgehead atoms. The molecule has 0 aromatic heterocycles. The Hall–Kier alpha value is -1.90. The second kappa shape index (κ2) is 3.04. The molecule has 0 aliphatic carbocycles. The zero-order valence-electron chi connectivity index (χ0n) is 8.28. The van der Waals surface area contributed by atoms with Crippen LogP contribution < -0.4 is 4.74 Å². The summed E-state index contributed by atoms with van der Waals surface area (Å²) in [4.78, 5) is 0. The number of hydrogen-bond acceptors (Lipinski definition) is 1. The number of alkyl halides is 2. The lowest BCUT2D eigenvalue weighted by Gasteiger charge is -2.27. The number of ether oxygens (including phenoxy) is 1. The quantitative estimate of drug-likeness (QED) is 0.653. The van der Waals surface area contributed by atoms with E-state index in [4.69, 9.17) is 4.74 Å². The van der Waals surface area contributed by atoms with Crippen LogP contribution in [0.2, 0.25) is 0 Å². The first-order valence-corrected chi connectivity index (χ1v) is 4.94. The minimum absolute atomic E-state index is 0.0753. The van der Waals surface area contributed by atoms with E-state index in [9.17, 15) is 8.78 Å². The van der Waals surface area contributed by atoms with E-state index < -0.39 is 6.11 Å². The summed E-state index contributed by atoms with van der Waals surface area (Å²) >= 11 is 0. The highest BCUT2D eigenvalue weighted by Crippen LogP contribution is 2.46. The van der Waals surface area contributed by atoms with E-state index in [-0.39, 0.29) is 11.3 Å². The molecular formula is C13H8F2O. The van der Waals surface area contributed by atoms with E-state index in [2.05, 4.69) is 0 Å². The van der Waals surface area contributed by atoms with Crippen molar-refractivity contribution in [2.45, 2.75) is 6.11 Å². The van der Waals surface area contributed by atoms with Crippen LogP contribution in [0.15, 0.2) is 48.5 Å². The highest BCUT2D eigenvalue weighted by Gasteiger charge is 2.41. The Morgan fingerprint density at radius 2 is 1.44 bits per heavy atom. The molecule has 80 valence electrons. The largest absolute Gasteiger partial charge is 0.428 e. The highest BCUT2D eigenvalue weighted by atomic mass is 19.3. The van der Waals surface area contributed by atoms with E-state index in [1.165, 1.54) is 6.07 Å². The fourth-order valence-electron chi connectivity index (χ4n) is 1.94. The Morgan fingerprint density at radius 3 is 2.25 bits per heavy atom. The number of benzene rings is 2. The van der Waals surface area contributed by atoms with Crippen molar-refractivity contribution in [3.8, 4) is 16.9 Å². The van der Waals surface area contributed by atoms with Crippen molar-refractivity contribution in [1.29, 1.82) is 0 Å². The van der Waals surface area contributed by atoms with E-state index in [1.54, 1.807) is 36.4 Å². The average molecular weight is 218 g/mol. The number of fused-ring (bicyclic) bond motifs is 3. The fraction of sp³-hybridized carbons (Fsp3) is 0.0769. The zero-order valence-corrected chi connectivity index (χ0v) is 8.28. The van der Waals surface area contributed by atoms with Crippen molar-refractivity contribution in [2.75, 3.05) is 0 Å². The maximum atomic E-state index is 13.7. The number of para-hydroxylation sites is 1. The van der Waals surface area contributed by atoms with Gasteiger partial charge in [0, 0.05) is 5.56 Å². The van der Waals surface area contributed by atoms with E-state index in [0.717, 1.165) is 0 Å². The predicted molar refractivity (Wildman–Crippen MR) is 56.4 cm³/mol. The van der Waals surface area contributed by atoms with Gasteiger partial charge in [0.2, 0.25) is 0 Å². The molecule has 0 N–H and O–H groups in total. The van der Waals surface area contributed by atoms with Gasteiger partial charge in [0.1, 0.15) is 5.75 Å². The summed E-state index contributed by atoms with van der Waals surface area (Å²) in [5, 5.41) is 0. The molecule has 0 radical (unpaired) electrons. The lowest BCUT2D eigenvalue weighted by Crippen LogP contribution is -2.26. The fourth-order valence-corrected chi connectivity index (χ4v) is 1.94. The van der Waals surface area contributed by atoms with Gasteiger partial charge in [0.05, 0.1) is 5.56 Å². The van der Waals surface area contributed by atoms with Crippen LogP contribution in [0.1, 0.15) is 5.56 Å². The molecule has 3 heteroatoms. The summed E-state index contributed by atoms with van der Waals surface area (Å²) in [7, 11) is 0. The van der Waals surface area contributed by atoms with Crippen molar-refractivity contribution in [3.63, 3.8) is 0 Å². The summed E-state index contributed by atoms with van der Waals surface area (Å²) in [6.45, 7) is 0. The van der Waals surface area contributed by atoms with E-state index in [1.807, 2.05) is 6.07 Å². The number of hydrogen-bond donors (Lipinski definition) is 0. The summed E-state index contributed by atoms with van der Waals surface area (Å²) in [5.41, 5.74) is 1.17. The Balaban J connectivity index is 2.33. The molecule has 1 nitrogen and oxygen atoms in total. The first-order chi connectivity index (χ1) is 7.68. The maximum Gasteiger partial charge on any atom is 0.427 e. The molecule has 1 aliphatic rings. The molecule has 0 saturated heterocycles. The molecule has 2 aromatic rings. The van der Waals surface area contributed by atoms with Crippen LogP contribution in [0.3, 0.4) is 0 Å². The minimum atomic E-state index is -3.25. The van der Waals surface area contributed by atoms with Gasteiger partial charge in [-0.1, -0.05) is 36.4 Å². The average Bonchev–Trinajstić information content (AvgIpc) is 2.29. The van der Waals surface area contributed by atoms with Crippen LogP contribution in [-0.4, -0.2) is 0 Å². The summed E-state index contributed by atoms with van der Waals surface area (Å²) in [6, 6.07) is 13.2. The predicted octanol–water partition coefficient (Wildman–Crippen LogP) is 3.80. The normalized spacial score (nSPS) is 15.9. The van der Waals surface area contributed by atoms with Crippen LogP contribution >= 0.6 is 0 Å². The molecule has 3 rings (SSSR count). The van der Waals surface area contributed by atoms with Crippen LogP contribution in [0.25, 0.3) is 11.1 Å². The van der Waals surface area contributed by atoms with E-state index >= 15 is 0 Å². The summed E-state index contributed by atoms with van der Waals surface area (Å²) in [6.07, 6.45) is -3.25. The SMILES string of the molecule is FC1(F)Oc2ccccc2-c2ccccc21. The van der Waals surface area contributed by atoms with Crippen molar-refractivity contribution in [3.05, 3.63) is 54.1 Å². The van der Waals surface area contributed by atoms with Crippen LogP contribution in [0.5, 0.6) is 5.75 Å². The Kier molecular flexibility index (Phi) is 1.78. The third kappa shape index (κ3) is 1.21. The van der Waals surface area contributed by atoms with Gasteiger partial charge in [-0.3, -0.25) is 0 Å². The topological polar surface area (TPSA) is 9.23 Å². The monoisotopic (exact) mass is 218 g/mol. The molecule has 1 heterocycles. The number of halogens is 2. The summed E-state index contributed by atoms with van der Waals surface area (Å²) in [5.74, 6) is 0.228. The van der Waals surface area contributed by atoms with Crippen LogP contribution in [-0.2, 0) is 6.11 Å². The molecule has 0 amide bonds. The minimum Gasteiger partial charge on any atom is -0.428 e. The van der Waals surface area contributed by atoms with Crippen molar-refractivity contribution < 1.29 is 13.5 Å². The molecular weight excluding hydrogens is 210 g/mol. The highest BCUT2D eigenvalue weighted by molar-refractivity contribution is 5.75.